The highest BCUT2D eigenvalue weighted by atomic mass is 35.5. The Bertz CT molecular complexity index is 1380. The van der Waals surface area contributed by atoms with Crippen LogP contribution in [0, 0.1) is 0 Å². The van der Waals surface area contributed by atoms with Crippen molar-refractivity contribution in [3.63, 3.8) is 0 Å². The molecule has 0 atom stereocenters. The SMILES string of the molecule is C=C(NCc1cccnc1)/C(=C/c1ccc(-c2ccc(Cl)cc2)o1)S(=O)(=O)c1ccccc1. The molecule has 0 fully saturated rings. The Morgan fingerprint density at radius 3 is 2.45 bits per heavy atom. The van der Waals surface area contributed by atoms with Crippen molar-refractivity contribution in [2.75, 3.05) is 0 Å². The maximum absolute atomic E-state index is 13.5. The lowest BCUT2D eigenvalue weighted by atomic mass is 10.2. The largest absolute Gasteiger partial charge is 0.457 e. The minimum atomic E-state index is -3.86. The van der Waals surface area contributed by atoms with Crippen LogP contribution in [0.4, 0.5) is 0 Å². The average molecular weight is 477 g/mol. The lowest BCUT2D eigenvalue weighted by Crippen LogP contribution is -2.18. The summed E-state index contributed by atoms with van der Waals surface area (Å²) in [6.45, 7) is 4.37. The van der Waals surface area contributed by atoms with Gasteiger partial charge in [-0.15, -0.1) is 0 Å². The van der Waals surface area contributed by atoms with Gasteiger partial charge in [-0.2, -0.15) is 0 Å². The van der Waals surface area contributed by atoms with Gasteiger partial charge in [0.15, 0.2) is 0 Å². The van der Waals surface area contributed by atoms with E-state index >= 15 is 0 Å². The van der Waals surface area contributed by atoms with Gasteiger partial charge < -0.3 is 9.73 Å². The number of rotatable bonds is 8. The second kappa shape index (κ2) is 9.90. The van der Waals surface area contributed by atoms with Gasteiger partial charge in [0.2, 0.25) is 9.84 Å². The number of pyridine rings is 1. The van der Waals surface area contributed by atoms with Crippen molar-refractivity contribution in [2.24, 2.45) is 0 Å². The zero-order valence-corrected chi connectivity index (χ0v) is 19.2. The zero-order valence-electron chi connectivity index (χ0n) is 17.6. The van der Waals surface area contributed by atoms with Crippen LogP contribution < -0.4 is 5.32 Å². The van der Waals surface area contributed by atoms with Gasteiger partial charge in [-0.05, 0) is 60.2 Å². The molecule has 0 aliphatic carbocycles. The molecule has 0 unspecified atom stereocenters. The number of sulfone groups is 1. The monoisotopic (exact) mass is 476 g/mol. The van der Waals surface area contributed by atoms with Gasteiger partial charge in [-0.1, -0.05) is 42.4 Å². The predicted molar refractivity (Wildman–Crippen MR) is 131 cm³/mol. The molecule has 2 heterocycles. The van der Waals surface area contributed by atoms with Crippen LogP contribution in [-0.2, 0) is 16.4 Å². The van der Waals surface area contributed by atoms with E-state index in [0.29, 0.717) is 23.1 Å². The highest BCUT2D eigenvalue weighted by Crippen LogP contribution is 2.29. The van der Waals surface area contributed by atoms with Gasteiger partial charge in [0, 0.05) is 41.3 Å². The van der Waals surface area contributed by atoms with E-state index in [4.69, 9.17) is 16.0 Å². The molecule has 0 saturated heterocycles. The van der Waals surface area contributed by atoms with E-state index in [1.54, 1.807) is 67.0 Å². The Kier molecular flexibility index (Phi) is 6.77. The van der Waals surface area contributed by atoms with Crippen LogP contribution in [0.2, 0.25) is 5.02 Å². The van der Waals surface area contributed by atoms with Crippen LogP contribution in [0.25, 0.3) is 17.4 Å². The summed E-state index contributed by atoms with van der Waals surface area (Å²) < 4.78 is 32.9. The van der Waals surface area contributed by atoms with Gasteiger partial charge in [-0.3, -0.25) is 4.98 Å². The molecule has 0 spiro atoms. The molecule has 2 aromatic heterocycles. The van der Waals surface area contributed by atoms with Gasteiger partial charge in [0.1, 0.15) is 11.5 Å². The maximum atomic E-state index is 13.5. The number of hydrogen-bond acceptors (Lipinski definition) is 5. The van der Waals surface area contributed by atoms with Crippen molar-refractivity contribution in [1.82, 2.24) is 10.3 Å². The van der Waals surface area contributed by atoms with E-state index < -0.39 is 9.84 Å². The number of hydrogen-bond donors (Lipinski definition) is 1. The van der Waals surface area contributed by atoms with Gasteiger partial charge in [-0.25, -0.2) is 8.42 Å². The van der Waals surface area contributed by atoms with Crippen LogP contribution in [0.1, 0.15) is 11.3 Å². The third kappa shape index (κ3) is 5.42. The van der Waals surface area contributed by atoms with Crippen LogP contribution in [-0.4, -0.2) is 13.4 Å². The van der Waals surface area contributed by atoms with Crippen molar-refractivity contribution < 1.29 is 12.8 Å². The van der Waals surface area contributed by atoms with Crippen molar-refractivity contribution in [3.8, 4) is 11.3 Å². The van der Waals surface area contributed by atoms with E-state index in [9.17, 15) is 8.42 Å². The lowest BCUT2D eigenvalue weighted by Gasteiger charge is -2.14. The number of benzene rings is 2. The first-order valence-electron chi connectivity index (χ1n) is 10.1. The Balaban J connectivity index is 1.68. The van der Waals surface area contributed by atoms with Crippen LogP contribution in [0.15, 0.2) is 118 Å². The average Bonchev–Trinajstić information content (AvgIpc) is 3.31. The molecule has 0 saturated carbocycles. The first-order chi connectivity index (χ1) is 15.9. The standard InChI is InChI=1S/C26H21ClN2O3S/c1-19(29-18-20-6-5-15-28-17-20)26(33(30,31)24-7-3-2-4-8-24)16-23-13-14-25(32-23)21-9-11-22(27)12-10-21/h2-17,29H,1,18H2/b26-16-. The fourth-order valence-electron chi connectivity index (χ4n) is 3.18. The molecule has 0 amide bonds. The second-order valence-electron chi connectivity index (χ2n) is 7.23. The Morgan fingerprint density at radius 2 is 1.76 bits per heavy atom. The molecule has 5 nitrogen and oxygen atoms in total. The van der Waals surface area contributed by atoms with Crippen LogP contribution in [0.5, 0.6) is 0 Å². The zero-order chi connectivity index (χ0) is 23.3. The normalized spacial score (nSPS) is 11.8. The Hall–Kier alpha value is -3.61. The molecule has 4 rings (SSSR count). The van der Waals surface area contributed by atoms with E-state index in [1.165, 1.54) is 6.08 Å². The van der Waals surface area contributed by atoms with Gasteiger partial charge in [0.05, 0.1) is 9.80 Å². The molecular formula is C26H21ClN2O3S. The molecule has 166 valence electrons. The summed E-state index contributed by atoms with van der Waals surface area (Å²) in [6.07, 6.45) is 4.87. The molecular weight excluding hydrogens is 456 g/mol. The lowest BCUT2D eigenvalue weighted by molar-refractivity contribution is 0.570. The van der Waals surface area contributed by atoms with Crippen LogP contribution >= 0.6 is 11.6 Å². The van der Waals surface area contributed by atoms with Crippen LogP contribution in [0.3, 0.4) is 0 Å². The van der Waals surface area contributed by atoms with E-state index in [-0.39, 0.29) is 15.5 Å². The smallest absolute Gasteiger partial charge is 0.208 e. The molecule has 1 N–H and O–H groups in total. The summed E-state index contributed by atoms with van der Waals surface area (Å²) in [5, 5.41) is 3.72. The predicted octanol–water partition coefficient (Wildman–Crippen LogP) is 6.11. The number of nitrogens with zero attached hydrogens (tertiary/aromatic N) is 1. The summed E-state index contributed by atoms with van der Waals surface area (Å²) in [6, 6.07) is 22.7. The van der Waals surface area contributed by atoms with Gasteiger partial charge >= 0.3 is 0 Å². The first kappa shape index (κ1) is 22.6. The number of aromatic nitrogens is 1. The van der Waals surface area contributed by atoms with Crippen molar-refractivity contribution in [1.29, 1.82) is 0 Å². The van der Waals surface area contributed by atoms with Crippen molar-refractivity contribution in [2.45, 2.75) is 11.4 Å². The Labute approximate surface area is 198 Å². The summed E-state index contributed by atoms with van der Waals surface area (Å²) in [7, 11) is -3.86. The molecule has 4 aromatic rings. The number of nitrogens with one attached hydrogen (secondary N) is 1. The number of halogens is 1. The minimum Gasteiger partial charge on any atom is -0.457 e. The molecule has 0 bridgehead atoms. The molecule has 33 heavy (non-hydrogen) atoms. The maximum Gasteiger partial charge on any atom is 0.208 e. The topological polar surface area (TPSA) is 72.2 Å². The summed E-state index contributed by atoms with van der Waals surface area (Å²) >= 11 is 5.96. The molecule has 7 heteroatoms. The fourth-order valence-corrected chi connectivity index (χ4v) is 4.74. The van der Waals surface area contributed by atoms with E-state index in [2.05, 4.69) is 16.9 Å². The second-order valence-corrected chi connectivity index (χ2v) is 9.58. The first-order valence-corrected chi connectivity index (χ1v) is 12.0. The molecule has 0 aliphatic heterocycles. The highest BCUT2D eigenvalue weighted by Gasteiger charge is 2.24. The summed E-state index contributed by atoms with van der Waals surface area (Å²) in [5.74, 6) is 0.988. The molecule has 0 radical (unpaired) electrons. The third-order valence-electron chi connectivity index (χ3n) is 4.90. The molecule has 0 aliphatic rings. The van der Waals surface area contributed by atoms with E-state index in [1.807, 2.05) is 24.3 Å². The Morgan fingerprint density at radius 1 is 1.00 bits per heavy atom. The highest BCUT2D eigenvalue weighted by molar-refractivity contribution is 7.95. The summed E-state index contributed by atoms with van der Waals surface area (Å²) in [5.41, 5.74) is 1.99. The van der Waals surface area contributed by atoms with Gasteiger partial charge in [0.25, 0.3) is 0 Å². The molecule has 2 aromatic carbocycles. The number of furan rings is 1. The van der Waals surface area contributed by atoms with E-state index in [0.717, 1.165) is 11.1 Å². The fraction of sp³-hybridized carbons (Fsp3) is 0.0385. The third-order valence-corrected chi connectivity index (χ3v) is 6.99. The quantitative estimate of drug-likeness (QED) is 0.310. The minimum absolute atomic E-state index is 0.0228. The van der Waals surface area contributed by atoms with Crippen molar-refractivity contribution >= 4 is 27.5 Å². The van der Waals surface area contributed by atoms with Crippen molar-refractivity contribution in [3.05, 3.63) is 125 Å². The summed E-state index contributed by atoms with van der Waals surface area (Å²) in [4.78, 5) is 4.28.